The summed E-state index contributed by atoms with van der Waals surface area (Å²) in [6.45, 7) is 4.91. The third kappa shape index (κ3) is 2.85. The normalized spacial score (nSPS) is 14.0. The van der Waals surface area contributed by atoms with Crippen LogP contribution in [0.25, 0.3) is 0 Å². The Morgan fingerprint density at radius 1 is 1.42 bits per heavy atom. The van der Waals surface area contributed by atoms with Gasteiger partial charge in [0.25, 0.3) is 0 Å². The smallest absolute Gasteiger partial charge is 0.334 e. The maximum Gasteiger partial charge on any atom is 0.334 e. The van der Waals surface area contributed by atoms with E-state index in [4.69, 9.17) is 23.2 Å². The van der Waals surface area contributed by atoms with E-state index in [9.17, 15) is 14.7 Å². The van der Waals surface area contributed by atoms with Crippen molar-refractivity contribution in [2.24, 2.45) is 0 Å². The summed E-state index contributed by atoms with van der Waals surface area (Å²) < 4.78 is 0. The van der Waals surface area contributed by atoms with Crippen molar-refractivity contribution in [1.29, 1.82) is 0 Å². The third-order valence-corrected chi connectivity index (χ3v) is 3.61. The second kappa shape index (κ2) is 5.80. The van der Waals surface area contributed by atoms with Gasteiger partial charge in [0, 0.05) is 21.7 Å². The van der Waals surface area contributed by atoms with Gasteiger partial charge < -0.3 is 10.0 Å². The molecule has 0 aliphatic heterocycles. The Morgan fingerprint density at radius 3 is 2.37 bits per heavy atom. The molecule has 19 heavy (non-hydrogen) atoms. The Morgan fingerprint density at radius 2 is 2.00 bits per heavy atom. The molecule has 0 aromatic heterocycles. The fourth-order valence-electron chi connectivity index (χ4n) is 1.99. The molecular formula is C13H15Cl2NO3. The van der Waals surface area contributed by atoms with Crippen molar-refractivity contribution in [3.8, 4) is 0 Å². The van der Waals surface area contributed by atoms with E-state index in [1.165, 1.54) is 24.0 Å². The van der Waals surface area contributed by atoms with Crippen molar-refractivity contribution in [2.75, 3.05) is 0 Å². The minimum atomic E-state index is -1.54. The number of carboxylic acid groups (broad SMARTS) is 1. The molecule has 0 radical (unpaired) electrons. The number of carbonyl (C=O) groups excluding carboxylic acids is 1. The second-order valence-electron chi connectivity index (χ2n) is 4.61. The summed E-state index contributed by atoms with van der Waals surface area (Å²) in [5, 5.41) is 10.2. The van der Waals surface area contributed by atoms with Crippen molar-refractivity contribution < 1.29 is 14.7 Å². The Labute approximate surface area is 121 Å². The van der Waals surface area contributed by atoms with Gasteiger partial charge in [-0.3, -0.25) is 4.79 Å². The summed E-state index contributed by atoms with van der Waals surface area (Å²) >= 11 is 11.9. The molecular weight excluding hydrogens is 289 g/mol. The SMILES string of the molecule is CC(C)N(C=O)C(C)(C(=O)O)c1ccc(Cl)cc1Cl. The number of aliphatic carboxylic acids is 1. The van der Waals surface area contributed by atoms with Crippen LogP contribution in [0.4, 0.5) is 0 Å². The van der Waals surface area contributed by atoms with Crippen LogP contribution >= 0.6 is 23.2 Å². The number of halogens is 2. The highest BCUT2D eigenvalue weighted by atomic mass is 35.5. The number of benzene rings is 1. The average molecular weight is 304 g/mol. The summed E-state index contributed by atoms with van der Waals surface area (Å²) in [7, 11) is 0. The molecule has 1 rings (SSSR count). The van der Waals surface area contributed by atoms with Gasteiger partial charge in [0.05, 0.1) is 0 Å². The van der Waals surface area contributed by atoms with Crippen LogP contribution in [0.1, 0.15) is 26.3 Å². The van der Waals surface area contributed by atoms with Crippen LogP contribution in [0.2, 0.25) is 10.0 Å². The molecule has 1 atom stereocenters. The van der Waals surface area contributed by atoms with E-state index in [0.717, 1.165) is 0 Å². The molecule has 1 amide bonds. The topological polar surface area (TPSA) is 57.6 Å². The van der Waals surface area contributed by atoms with Crippen LogP contribution in [0.5, 0.6) is 0 Å². The zero-order valence-corrected chi connectivity index (χ0v) is 12.4. The van der Waals surface area contributed by atoms with E-state index in [-0.39, 0.29) is 11.1 Å². The lowest BCUT2D eigenvalue weighted by atomic mass is 9.89. The summed E-state index contributed by atoms with van der Waals surface area (Å²) in [6.07, 6.45) is 0.518. The molecule has 1 unspecified atom stereocenters. The summed E-state index contributed by atoms with van der Waals surface area (Å²) in [5.74, 6) is -1.16. The molecule has 6 heteroatoms. The highest BCUT2D eigenvalue weighted by molar-refractivity contribution is 6.35. The van der Waals surface area contributed by atoms with Gasteiger partial charge in [-0.2, -0.15) is 0 Å². The summed E-state index contributed by atoms with van der Waals surface area (Å²) in [5.41, 5.74) is -1.22. The third-order valence-electron chi connectivity index (χ3n) is 3.06. The van der Waals surface area contributed by atoms with Gasteiger partial charge in [0.1, 0.15) is 0 Å². The number of rotatable bonds is 5. The number of nitrogens with zero attached hydrogens (tertiary/aromatic N) is 1. The number of hydrogen-bond donors (Lipinski definition) is 1. The molecule has 0 fully saturated rings. The maximum absolute atomic E-state index is 11.7. The van der Waals surface area contributed by atoms with Crippen LogP contribution in [0, 0.1) is 0 Å². The van der Waals surface area contributed by atoms with Crippen LogP contribution in [0.15, 0.2) is 18.2 Å². The van der Waals surface area contributed by atoms with E-state index in [1.54, 1.807) is 19.9 Å². The first kappa shape index (κ1) is 15.8. The first-order valence-corrected chi connectivity index (χ1v) is 6.43. The fraction of sp³-hybridized carbons (Fsp3) is 0.385. The fourth-order valence-corrected chi connectivity index (χ4v) is 2.59. The summed E-state index contributed by atoms with van der Waals surface area (Å²) in [4.78, 5) is 24.1. The Kier molecular flexibility index (Phi) is 4.82. The van der Waals surface area contributed by atoms with Crippen LogP contribution < -0.4 is 0 Å². The van der Waals surface area contributed by atoms with Crippen molar-refractivity contribution in [3.05, 3.63) is 33.8 Å². The molecule has 1 aromatic carbocycles. The molecule has 0 aliphatic rings. The van der Waals surface area contributed by atoms with Gasteiger partial charge in [-0.15, -0.1) is 0 Å². The van der Waals surface area contributed by atoms with Gasteiger partial charge in [-0.1, -0.05) is 29.3 Å². The lowest BCUT2D eigenvalue weighted by Gasteiger charge is -2.38. The molecule has 0 saturated carbocycles. The van der Waals surface area contributed by atoms with Crippen molar-refractivity contribution in [1.82, 2.24) is 4.90 Å². The number of amides is 1. The molecule has 0 aliphatic carbocycles. The van der Waals surface area contributed by atoms with E-state index < -0.39 is 11.5 Å². The number of hydrogen-bond acceptors (Lipinski definition) is 2. The maximum atomic E-state index is 11.7. The lowest BCUT2D eigenvalue weighted by Crippen LogP contribution is -2.52. The van der Waals surface area contributed by atoms with E-state index in [0.29, 0.717) is 17.0 Å². The van der Waals surface area contributed by atoms with E-state index in [1.807, 2.05) is 0 Å². The monoisotopic (exact) mass is 303 g/mol. The number of carbonyl (C=O) groups is 2. The first-order chi connectivity index (χ1) is 8.75. The number of carboxylic acids is 1. The minimum absolute atomic E-state index is 0.213. The minimum Gasteiger partial charge on any atom is -0.479 e. The molecule has 4 nitrogen and oxygen atoms in total. The van der Waals surface area contributed by atoms with E-state index in [2.05, 4.69) is 0 Å². The molecule has 0 bridgehead atoms. The van der Waals surface area contributed by atoms with Gasteiger partial charge in [0.2, 0.25) is 6.41 Å². The van der Waals surface area contributed by atoms with Gasteiger partial charge in [-0.25, -0.2) is 4.79 Å². The molecule has 0 heterocycles. The van der Waals surface area contributed by atoms with Crippen LogP contribution in [0.3, 0.4) is 0 Å². The van der Waals surface area contributed by atoms with Gasteiger partial charge >= 0.3 is 5.97 Å². The Hall–Kier alpha value is -1.26. The highest BCUT2D eigenvalue weighted by Crippen LogP contribution is 2.35. The zero-order chi connectivity index (χ0) is 14.8. The quantitative estimate of drug-likeness (QED) is 0.850. The molecule has 0 spiro atoms. The van der Waals surface area contributed by atoms with Gasteiger partial charge in [0.15, 0.2) is 5.54 Å². The highest BCUT2D eigenvalue weighted by Gasteiger charge is 2.43. The standard InChI is InChI=1S/C13H15Cl2NO3/c1-8(2)16(7-17)13(3,12(18)19)10-5-4-9(14)6-11(10)15/h4-8H,1-3H3,(H,18,19). The second-order valence-corrected chi connectivity index (χ2v) is 5.45. The van der Waals surface area contributed by atoms with Gasteiger partial charge in [-0.05, 0) is 32.9 Å². The van der Waals surface area contributed by atoms with Crippen LogP contribution in [-0.4, -0.2) is 28.4 Å². The molecule has 1 aromatic rings. The largest absolute Gasteiger partial charge is 0.479 e. The lowest BCUT2D eigenvalue weighted by molar-refractivity contribution is -0.156. The predicted molar refractivity (Wildman–Crippen MR) is 74.5 cm³/mol. The average Bonchev–Trinajstić information content (AvgIpc) is 2.28. The van der Waals surface area contributed by atoms with Crippen molar-refractivity contribution >= 4 is 35.6 Å². The predicted octanol–water partition coefficient (Wildman–Crippen LogP) is 3.16. The van der Waals surface area contributed by atoms with Crippen LogP contribution in [-0.2, 0) is 15.1 Å². The van der Waals surface area contributed by atoms with E-state index >= 15 is 0 Å². The molecule has 0 saturated heterocycles. The Bertz CT molecular complexity index is 505. The molecule has 104 valence electrons. The zero-order valence-electron chi connectivity index (χ0n) is 10.9. The molecule has 1 N–H and O–H groups in total. The van der Waals surface area contributed by atoms with Crippen molar-refractivity contribution in [3.63, 3.8) is 0 Å². The first-order valence-electron chi connectivity index (χ1n) is 5.67. The summed E-state index contributed by atoms with van der Waals surface area (Å²) in [6, 6.07) is 4.25. The van der Waals surface area contributed by atoms with Crippen molar-refractivity contribution in [2.45, 2.75) is 32.4 Å². The Balaban J connectivity index is 3.49.